The molecule has 1 aromatic rings. The van der Waals surface area contributed by atoms with Gasteiger partial charge < -0.3 is 4.74 Å². The molecule has 2 heterocycles. The minimum absolute atomic E-state index is 0.0256. The van der Waals surface area contributed by atoms with Crippen LogP contribution in [0.1, 0.15) is 52.0 Å². The molecule has 0 unspecified atom stereocenters. The molecule has 0 fully saturated rings. The number of ether oxygens (including phenoxy) is 1. The normalized spacial score (nSPS) is 26.0. The van der Waals surface area contributed by atoms with Gasteiger partial charge in [-0.2, -0.15) is 0 Å². The van der Waals surface area contributed by atoms with E-state index < -0.39 is 0 Å². The first-order chi connectivity index (χ1) is 6.68. The van der Waals surface area contributed by atoms with E-state index in [1.165, 1.54) is 10.4 Å². The zero-order chi connectivity index (χ0) is 11.5. The van der Waals surface area contributed by atoms with E-state index in [1.807, 2.05) is 0 Å². The van der Waals surface area contributed by atoms with Crippen molar-refractivity contribution in [3.8, 4) is 0 Å². The molecule has 1 radical (unpaired) electrons. The SMILES string of the molecule is CC1(C)OC(C)(C)C(C)(C)c2[c]csc21. The van der Waals surface area contributed by atoms with Crippen molar-refractivity contribution in [2.24, 2.45) is 0 Å². The molecule has 0 aliphatic carbocycles. The van der Waals surface area contributed by atoms with Crippen LogP contribution in [0, 0.1) is 6.07 Å². The van der Waals surface area contributed by atoms with E-state index >= 15 is 0 Å². The maximum Gasteiger partial charge on any atom is 0.0977 e. The highest BCUT2D eigenvalue weighted by Gasteiger charge is 2.50. The van der Waals surface area contributed by atoms with Crippen molar-refractivity contribution in [1.29, 1.82) is 0 Å². The Morgan fingerprint density at radius 2 is 1.73 bits per heavy atom. The van der Waals surface area contributed by atoms with Crippen LogP contribution in [0.3, 0.4) is 0 Å². The van der Waals surface area contributed by atoms with Crippen LogP contribution in [0.2, 0.25) is 0 Å². The highest BCUT2D eigenvalue weighted by molar-refractivity contribution is 7.10. The van der Waals surface area contributed by atoms with Gasteiger partial charge in [0, 0.05) is 10.3 Å². The highest BCUT2D eigenvalue weighted by atomic mass is 32.1. The lowest BCUT2D eigenvalue weighted by atomic mass is 9.68. The van der Waals surface area contributed by atoms with Crippen LogP contribution in [0.5, 0.6) is 0 Å². The largest absolute Gasteiger partial charge is 0.363 e. The maximum atomic E-state index is 6.25. The minimum atomic E-state index is -0.182. The van der Waals surface area contributed by atoms with E-state index in [-0.39, 0.29) is 16.6 Å². The average Bonchev–Trinajstić information content (AvgIpc) is 2.47. The van der Waals surface area contributed by atoms with E-state index in [1.54, 1.807) is 11.3 Å². The van der Waals surface area contributed by atoms with Gasteiger partial charge in [0.25, 0.3) is 0 Å². The molecule has 83 valence electrons. The first-order valence-corrected chi connectivity index (χ1v) is 6.27. The second kappa shape index (κ2) is 2.86. The Morgan fingerprint density at radius 3 is 2.33 bits per heavy atom. The standard InChI is InChI=1S/C13H19OS/c1-11(2)9-7-8-15-10(9)12(3,4)14-13(11,5)6/h8H,1-6H3. The van der Waals surface area contributed by atoms with Gasteiger partial charge in [0.1, 0.15) is 0 Å². The second-order valence-electron chi connectivity index (χ2n) is 5.83. The Kier molecular flexibility index (Phi) is 2.13. The molecule has 0 spiro atoms. The van der Waals surface area contributed by atoms with Crippen LogP contribution in [-0.2, 0) is 15.8 Å². The predicted octanol–water partition coefficient (Wildman–Crippen LogP) is 3.87. The Balaban J connectivity index is 2.66. The maximum absolute atomic E-state index is 6.25. The molecule has 0 aromatic carbocycles. The molecular formula is C13H19OS. The Labute approximate surface area is 96.5 Å². The minimum Gasteiger partial charge on any atom is -0.363 e. The lowest BCUT2D eigenvalue weighted by molar-refractivity contribution is -0.171. The molecule has 1 nitrogen and oxygen atoms in total. The summed E-state index contributed by atoms with van der Waals surface area (Å²) in [6.07, 6.45) is 0. The van der Waals surface area contributed by atoms with Gasteiger partial charge in [0.15, 0.2) is 0 Å². The topological polar surface area (TPSA) is 9.23 Å². The molecule has 0 saturated carbocycles. The molecule has 2 rings (SSSR count). The van der Waals surface area contributed by atoms with Crippen molar-refractivity contribution in [2.75, 3.05) is 0 Å². The summed E-state index contributed by atoms with van der Waals surface area (Å²) in [7, 11) is 0. The third-order valence-electron chi connectivity index (χ3n) is 3.79. The predicted molar refractivity (Wildman–Crippen MR) is 64.4 cm³/mol. The molecule has 1 aliphatic heterocycles. The summed E-state index contributed by atoms with van der Waals surface area (Å²) < 4.78 is 6.25. The zero-order valence-corrected chi connectivity index (χ0v) is 11.2. The fourth-order valence-corrected chi connectivity index (χ4v) is 3.34. The highest BCUT2D eigenvalue weighted by Crippen LogP contribution is 2.51. The first kappa shape index (κ1) is 11.2. The van der Waals surface area contributed by atoms with Crippen LogP contribution in [-0.4, -0.2) is 5.60 Å². The van der Waals surface area contributed by atoms with Crippen molar-refractivity contribution in [2.45, 2.75) is 58.2 Å². The average molecular weight is 223 g/mol. The van der Waals surface area contributed by atoms with Gasteiger partial charge >= 0.3 is 0 Å². The van der Waals surface area contributed by atoms with Crippen molar-refractivity contribution in [3.63, 3.8) is 0 Å². The molecule has 15 heavy (non-hydrogen) atoms. The lowest BCUT2D eigenvalue weighted by Gasteiger charge is -2.51. The van der Waals surface area contributed by atoms with Gasteiger partial charge in [-0.3, -0.25) is 0 Å². The first-order valence-electron chi connectivity index (χ1n) is 5.39. The summed E-state index contributed by atoms with van der Waals surface area (Å²) in [5.41, 5.74) is 1.02. The van der Waals surface area contributed by atoms with Gasteiger partial charge in [-0.1, -0.05) is 13.8 Å². The molecule has 0 N–H and O–H groups in total. The van der Waals surface area contributed by atoms with Crippen LogP contribution >= 0.6 is 11.3 Å². The summed E-state index contributed by atoms with van der Waals surface area (Å²) in [4.78, 5) is 1.33. The number of hydrogen-bond acceptors (Lipinski definition) is 2. The fraction of sp³-hybridized carbons (Fsp3) is 0.692. The quantitative estimate of drug-likeness (QED) is 0.649. The molecule has 0 amide bonds. The molecule has 0 bridgehead atoms. The second-order valence-corrected chi connectivity index (χ2v) is 6.71. The Hall–Kier alpha value is -0.340. The lowest BCUT2D eigenvalue weighted by Crippen LogP contribution is -2.53. The van der Waals surface area contributed by atoms with Crippen molar-refractivity contribution in [1.82, 2.24) is 0 Å². The number of fused-ring (bicyclic) bond motifs is 1. The summed E-state index contributed by atoms with van der Waals surface area (Å²) >= 11 is 1.75. The third-order valence-corrected chi connectivity index (χ3v) is 4.96. The summed E-state index contributed by atoms with van der Waals surface area (Å²) in [6.45, 7) is 13.1. The summed E-state index contributed by atoms with van der Waals surface area (Å²) in [6, 6.07) is 3.40. The smallest absolute Gasteiger partial charge is 0.0977 e. The van der Waals surface area contributed by atoms with Crippen molar-refractivity contribution < 1.29 is 4.74 Å². The van der Waals surface area contributed by atoms with E-state index in [2.05, 4.69) is 53.0 Å². The number of thiophene rings is 1. The van der Waals surface area contributed by atoms with Gasteiger partial charge in [-0.05, 0) is 44.7 Å². The van der Waals surface area contributed by atoms with Gasteiger partial charge in [0.05, 0.1) is 11.2 Å². The summed E-state index contributed by atoms with van der Waals surface area (Å²) in [5, 5.41) is 2.05. The van der Waals surface area contributed by atoms with Crippen LogP contribution in [0.4, 0.5) is 0 Å². The molecule has 1 aromatic heterocycles. The Morgan fingerprint density at radius 1 is 1.13 bits per heavy atom. The van der Waals surface area contributed by atoms with Gasteiger partial charge in [-0.15, -0.1) is 11.3 Å². The molecular weight excluding hydrogens is 204 g/mol. The molecule has 1 aliphatic rings. The van der Waals surface area contributed by atoms with E-state index in [0.29, 0.717) is 0 Å². The number of rotatable bonds is 0. The van der Waals surface area contributed by atoms with Crippen molar-refractivity contribution in [3.05, 3.63) is 21.9 Å². The van der Waals surface area contributed by atoms with Crippen LogP contribution in [0.15, 0.2) is 5.38 Å². The molecule has 2 heteroatoms. The van der Waals surface area contributed by atoms with Crippen molar-refractivity contribution >= 4 is 11.3 Å². The van der Waals surface area contributed by atoms with Crippen LogP contribution < -0.4 is 0 Å². The van der Waals surface area contributed by atoms with E-state index in [4.69, 9.17) is 4.74 Å². The molecule has 0 saturated heterocycles. The Bertz CT molecular complexity index is 385. The molecule has 0 atom stereocenters. The zero-order valence-electron chi connectivity index (χ0n) is 10.4. The fourth-order valence-electron chi connectivity index (χ4n) is 2.29. The van der Waals surface area contributed by atoms with Gasteiger partial charge in [0.2, 0.25) is 0 Å². The van der Waals surface area contributed by atoms with E-state index in [9.17, 15) is 0 Å². The van der Waals surface area contributed by atoms with Gasteiger partial charge in [-0.25, -0.2) is 0 Å². The van der Waals surface area contributed by atoms with E-state index in [0.717, 1.165) is 0 Å². The summed E-state index contributed by atoms with van der Waals surface area (Å²) in [5.74, 6) is 0. The third kappa shape index (κ3) is 1.38. The number of hydrogen-bond donors (Lipinski definition) is 0. The monoisotopic (exact) mass is 223 g/mol. The van der Waals surface area contributed by atoms with Crippen LogP contribution in [0.25, 0.3) is 0 Å².